The van der Waals surface area contributed by atoms with Gasteiger partial charge in [-0.05, 0) is 12.8 Å². The summed E-state index contributed by atoms with van der Waals surface area (Å²) in [6, 6.07) is -0.309. The van der Waals surface area contributed by atoms with Crippen LogP contribution in [0.4, 0.5) is 13.2 Å². The Morgan fingerprint density at radius 2 is 2.06 bits per heavy atom. The minimum atomic E-state index is -4.55. The molecule has 0 saturated carbocycles. The first kappa shape index (κ1) is 13.7. The quantitative estimate of drug-likeness (QED) is 0.739. The van der Waals surface area contributed by atoms with Crippen LogP contribution >= 0.6 is 0 Å². The number of halogens is 3. The van der Waals surface area contributed by atoms with Crippen LogP contribution in [0, 0.1) is 0 Å². The van der Waals surface area contributed by atoms with Gasteiger partial charge in [-0.25, -0.2) is 0 Å². The second kappa shape index (κ2) is 4.86. The third-order valence-electron chi connectivity index (χ3n) is 2.22. The van der Waals surface area contributed by atoms with Gasteiger partial charge in [0, 0.05) is 19.1 Å². The first-order valence-corrected chi connectivity index (χ1v) is 6.22. The summed E-state index contributed by atoms with van der Waals surface area (Å²) in [7, 11) is -4.07. The van der Waals surface area contributed by atoms with E-state index in [1.54, 1.807) is 0 Å². The fraction of sp³-hybridized carbons (Fsp3) is 1.00. The molecule has 1 unspecified atom stereocenters. The highest BCUT2D eigenvalue weighted by molar-refractivity contribution is 7.87. The van der Waals surface area contributed by atoms with Gasteiger partial charge in [-0.15, -0.1) is 0 Å². The molecule has 1 fully saturated rings. The minimum absolute atomic E-state index is 0.0627. The Hall–Kier alpha value is -0.380. The molecule has 1 aliphatic heterocycles. The zero-order chi connectivity index (χ0) is 12.4. The Kier molecular flexibility index (Phi) is 4.16. The van der Waals surface area contributed by atoms with Gasteiger partial charge in [0.2, 0.25) is 0 Å². The van der Waals surface area contributed by atoms with Crippen LogP contribution in [0.25, 0.3) is 0 Å². The number of nitrogens with zero attached hydrogens (tertiary/aromatic N) is 1. The fourth-order valence-electron chi connectivity index (χ4n) is 1.46. The Morgan fingerprint density at radius 1 is 1.44 bits per heavy atom. The Morgan fingerprint density at radius 3 is 2.56 bits per heavy atom. The van der Waals surface area contributed by atoms with E-state index >= 15 is 0 Å². The van der Waals surface area contributed by atoms with Crippen LogP contribution < -0.4 is 10.5 Å². The lowest BCUT2D eigenvalue weighted by Gasteiger charge is -2.29. The largest absolute Gasteiger partial charge is 0.402 e. The maximum Gasteiger partial charge on any atom is 0.402 e. The van der Waals surface area contributed by atoms with E-state index in [9.17, 15) is 21.6 Å². The first-order chi connectivity index (χ1) is 7.21. The normalized spacial score (nSPS) is 24.6. The van der Waals surface area contributed by atoms with E-state index in [2.05, 4.69) is 0 Å². The molecule has 0 aromatic rings. The van der Waals surface area contributed by atoms with Crippen molar-refractivity contribution in [2.45, 2.75) is 25.1 Å². The zero-order valence-corrected chi connectivity index (χ0v) is 9.31. The van der Waals surface area contributed by atoms with Crippen molar-refractivity contribution in [2.75, 3.05) is 19.6 Å². The fourth-order valence-corrected chi connectivity index (χ4v) is 2.74. The monoisotopic (exact) mass is 261 g/mol. The van der Waals surface area contributed by atoms with Crippen molar-refractivity contribution in [3.05, 3.63) is 0 Å². The highest BCUT2D eigenvalue weighted by atomic mass is 32.2. The van der Waals surface area contributed by atoms with Crippen LogP contribution in [0.2, 0.25) is 0 Å². The molecule has 1 rings (SSSR count). The molecule has 0 aromatic carbocycles. The van der Waals surface area contributed by atoms with Gasteiger partial charge in [0.25, 0.3) is 10.2 Å². The summed E-state index contributed by atoms with van der Waals surface area (Å²) < 4.78 is 60.9. The number of hydrogen-bond acceptors (Lipinski definition) is 3. The molecule has 16 heavy (non-hydrogen) atoms. The van der Waals surface area contributed by atoms with E-state index in [1.807, 2.05) is 0 Å². The number of rotatable bonds is 3. The molecule has 1 heterocycles. The van der Waals surface area contributed by atoms with Crippen LogP contribution in [0.1, 0.15) is 12.8 Å². The lowest BCUT2D eigenvalue weighted by molar-refractivity contribution is -0.121. The molecular weight excluding hydrogens is 247 g/mol. The average Bonchev–Trinajstić information content (AvgIpc) is 2.14. The third-order valence-corrected chi connectivity index (χ3v) is 3.74. The molecule has 1 atom stereocenters. The van der Waals surface area contributed by atoms with Crippen molar-refractivity contribution in [1.82, 2.24) is 9.03 Å². The number of piperidine rings is 1. The van der Waals surface area contributed by atoms with Crippen molar-refractivity contribution >= 4 is 10.2 Å². The molecule has 9 heteroatoms. The Labute approximate surface area is 92.0 Å². The molecule has 0 amide bonds. The van der Waals surface area contributed by atoms with Crippen molar-refractivity contribution in [3.8, 4) is 0 Å². The van der Waals surface area contributed by atoms with Gasteiger partial charge in [0.1, 0.15) is 6.54 Å². The predicted molar refractivity (Wildman–Crippen MR) is 51.8 cm³/mol. The standard InChI is InChI=1S/C7H14F3N3O2S/c8-7(9,10)5-12-16(14,15)13-3-1-2-6(11)4-13/h6,12H,1-5,11H2. The first-order valence-electron chi connectivity index (χ1n) is 4.78. The summed E-state index contributed by atoms with van der Waals surface area (Å²) in [5.41, 5.74) is 5.55. The topological polar surface area (TPSA) is 75.4 Å². The van der Waals surface area contributed by atoms with Gasteiger partial charge in [-0.3, -0.25) is 0 Å². The average molecular weight is 261 g/mol. The van der Waals surface area contributed by atoms with E-state index in [-0.39, 0.29) is 19.1 Å². The number of hydrogen-bond donors (Lipinski definition) is 2. The van der Waals surface area contributed by atoms with Crippen LogP contribution in [0.3, 0.4) is 0 Å². The highest BCUT2D eigenvalue weighted by Gasteiger charge is 2.33. The minimum Gasteiger partial charge on any atom is -0.327 e. The second-order valence-electron chi connectivity index (χ2n) is 3.70. The molecule has 0 aromatic heterocycles. The van der Waals surface area contributed by atoms with Crippen molar-refractivity contribution in [1.29, 1.82) is 0 Å². The van der Waals surface area contributed by atoms with E-state index in [4.69, 9.17) is 5.73 Å². The summed E-state index contributed by atoms with van der Waals surface area (Å²) in [4.78, 5) is 0. The van der Waals surface area contributed by atoms with Crippen molar-refractivity contribution in [3.63, 3.8) is 0 Å². The second-order valence-corrected chi connectivity index (χ2v) is 5.46. The molecule has 96 valence electrons. The molecule has 0 radical (unpaired) electrons. The van der Waals surface area contributed by atoms with E-state index in [1.165, 1.54) is 4.72 Å². The van der Waals surface area contributed by atoms with E-state index in [0.29, 0.717) is 12.8 Å². The van der Waals surface area contributed by atoms with Crippen molar-refractivity contribution < 1.29 is 21.6 Å². The van der Waals surface area contributed by atoms with E-state index < -0.39 is 22.9 Å². The van der Waals surface area contributed by atoms with Gasteiger partial charge < -0.3 is 5.73 Å². The van der Waals surface area contributed by atoms with Gasteiger partial charge in [-0.2, -0.15) is 30.6 Å². The molecular formula is C7H14F3N3O2S. The SMILES string of the molecule is NC1CCCN(S(=O)(=O)NCC(F)(F)F)C1. The highest BCUT2D eigenvalue weighted by Crippen LogP contribution is 2.15. The van der Waals surface area contributed by atoms with Crippen LogP contribution in [-0.2, 0) is 10.2 Å². The lowest BCUT2D eigenvalue weighted by Crippen LogP contribution is -2.51. The summed E-state index contributed by atoms with van der Waals surface area (Å²) in [5, 5.41) is 0. The van der Waals surface area contributed by atoms with E-state index in [0.717, 1.165) is 4.31 Å². The summed E-state index contributed by atoms with van der Waals surface area (Å²) in [6.45, 7) is -1.28. The van der Waals surface area contributed by atoms with Gasteiger partial charge >= 0.3 is 6.18 Å². The molecule has 1 aliphatic rings. The smallest absolute Gasteiger partial charge is 0.327 e. The van der Waals surface area contributed by atoms with Crippen LogP contribution in [0.5, 0.6) is 0 Å². The predicted octanol–water partition coefficient (Wildman–Crippen LogP) is -0.194. The third kappa shape index (κ3) is 4.24. The van der Waals surface area contributed by atoms with Crippen LogP contribution in [-0.4, -0.2) is 44.6 Å². The van der Waals surface area contributed by atoms with Crippen LogP contribution in [0.15, 0.2) is 0 Å². The maximum atomic E-state index is 11.9. The number of nitrogens with two attached hydrogens (primary N) is 1. The Bertz CT molecular complexity index is 330. The number of alkyl halides is 3. The Balaban J connectivity index is 2.56. The summed E-state index contributed by atoms with van der Waals surface area (Å²) >= 11 is 0. The molecule has 0 bridgehead atoms. The molecule has 1 saturated heterocycles. The number of nitrogens with one attached hydrogen (secondary N) is 1. The molecule has 5 nitrogen and oxygen atoms in total. The van der Waals surface area contributed by atoms with Gasteiger partial charge in [-0.1, -0.05) is 0 Å². The summed E-state index contributed by atoms with van der Waals surface area (Å²) in [6.07, 6.45) is -3.30. The molecule has 3 N–H and O–H groups in total. The maximum absolute atomic E-state index is 11.9. The van der Waals surface area contributed by atoms with Gasteiger partial charge in [0.15, 0.2) is 0 Å². The summed E-state index contributed by atoms with van der Waals surface area (Å²) in [5.74, 6) is 0. The molecule has 0 spiro atoms. The molecule has 0 aliphatic carbocycles. The van der Waals surface area contributed by atoms with Crippen molar-refractivity contribution in [2.24, 2.45) is 5.73 Å². The zero-order valence-electron chi connectivity index (χ0n) is 8.50. The van der Waals surface area contributed by atoms with Gasteiger partial charge in [0.05, 0.1) is 0 Å². The lowest BCUT2D eigenvalue weighted by atomic mass is 10.1.